The molecule has 0 aliphatic carbocycles. The van der Waals surface area contributed by atoms with E-state index in [4.69, 9.17) is 23.2 Å². The Hall–Kier alpha value is -1.52. The molecule has 1 aromatic carbocycles. The number of nitrogens with zero attached hydrogens (tertiary/aromatic N) is 4. The number of aromatic nitrogens is 2. The summed E-state index contributed by atoms with van der Waals surface area (Å²) in [5.74, 6) is 0.179. The normalized spacial score (nSPS) is 10.9. The fourth-order valence-corrected chi connectivity index (χ4v) is 1.20. The van der Waals surface area contributed by atoms with Gasteiger partial charge in [-0.3, -0.25) is 0 Å². The lowest BCUT2D eigenvalue weighted by molar-refractivity contribution is 1.07. The van der Waals surface area contributed by atoms with E-state index in [-0.39, 0.29) is 11.1 Å². The fraction of sp³-hybridized carbons (Fsp3) is 0. The van der Waals surface area contributed by atoms with Crippen LogP contribution in [0.4, 0.5) is 11.6 Å². The van der Waals surface area contributed by atoms with E-state index in [2.05, 4.69) is 20.2 Å². The van der Waals surface area contributed by atoms with Gasteiger partial charge in [0.25, 0.3) is 5.95 Å². The van der Waals surface area contributed by atoms with Crippen LogP contribution in [-0.4, -0.2) is 9.97 Å². The second-order valence-corrected chi connectivity index (χ2v) is 3.61. The zero-order valence-corrected chi connectivity index (χ0v) is 9.52. The highest BCUT2D eigenvalue weighted by Crippen LogP contribution is 2.21. The molecule has 0 fully saturated rings. The minimum absolute atomic E-state index is 0.165. The van der Waals surface area contributed by atoms with E-state index in [0.717, 1.165) is 5.69 Å². The fourth-order valence-electron chi connectivity index (χ4n) is 0.983. The van der Waals surface area contributed by atoms with Gasteiger partial charge in [-0.25, -0.2) is 4.98 Å². The molecule has 0 saturated heterocycles. The van der Waals surface area contributed by atoms with Crippen LogP contribution in [0, 0.1) is 0 Å². The van der Waals surface area contributed by atoms with Crippen LogP contribution in [0.5, 0.6) is 0 Å². The number of halogens is 2. The maximum Gasteiger partial charge on any atom is 0.270 e. The smallest absolute Gasteiger partial charge is 0.217 e. The molecule has 0 aliphatic rings. The zero-order chi connectivity index (χ0) is 11.4. The summed E-state index contributed by atoms with van der Waals surface area (Å²) in [5.41, 5.74) is 0.720. The largest absolute Gasteiger partial charge is 0.270 e. The van der Waals surface area contributed by atoms with Gasteiger partial charge >= 0.3 is 0 Å². The molecular weight excluding hydrogens is 247 g/mol. The summed E-state index contributed by atoms with van der Waals surface area (Å²) in [6.45, 7) is 0. The van der Waals surface area contributed by atoms with Gasteiger partial charge in [0.2, 0.25) is 0 Å². The predicted octanol–water partition coefficient (Wildman–Crippen LogP) is 4.20. The first kappa shape index (κ1) is 11.0. The SMILES string of the molecule is Clc1cnc(N=Nc2ccccc2)nc1Cl. The van der Waals surface area contributed by atoms with E-state index in [1.807, 2.05) is 30.3 Å². The molecule has 80 valence electrons. The number of hydrogen-bond acceptors (Lipinski definition) is 4. The van der Waals surface area contributed by atoms with Crippen LogP contribution in [-0.2, 0) is 0 Å². The Morgan fingerprint density at radius 1 is 1.00 bits per heavy atom. The predicted molar refractivity (Wildman–Crippen MR) is 62.7 cm³/mol. The number of azo groups is 1. The third-order valence-corrected chi connectivity index (χ3v) is 2.36. The third kappa shape index (κ3) is 2.74. The van der Waals surface area contributed by atoms with Crippen LogP contribution in [0.2, 0.25) is 10.2 Å². The minimum atomic E-state index is 0.165. The van der Waals surface area contributed by atoms with Crippen molar-refractivity contribution >= 4 is 34.8 Å². The number of rotatable bonds is 2. The van der Waals surface area contributed by atoms with Crippen LogP contribution < -0.4 is 0 Å². The average molecular weight is 253 g/mol. The molecule has 0 atom stereocenters. The lowest BCUT2D eigenvalue weighted by Crippen LogP contribution is -1.81. The van der Waals surface area contributed by atoms with Crippen molar-refractivity contribution in [3.8, 4) is 0 Å². The highest BCUT2D eigenvalue weighted by atomic mass is 35.5. The van der Waals surface area contributed by atoms with Crippen LogP contribution in [0.3, 0.4) is 0 Å². The first-order valence-electron chi connectivity index (χ1n) is 4.40. The molecule has 0 aliphatic heterocycles. The zero-order valence-electron chi connectivity index (χ0n) is 8.01. The summed E-state index contributed by atoms with van der Waals surface area (Å²) < 4.78 is 0. The van der Waals surface area contributed by atoms with Gasteiger partial charge in [0.1, 0.15) is 0 Å². The van der Waals surface area contributed by atoms with Crippen molar-refractivity contribution in [2.24, 2.45) is 10.2 Å². The highest BCUT2D eigenvalue weighted by Gasteiger charge is 2.01. The van der Waals surface area contributed by atoms with E-state index in [0.29, 0.717) is 5.02 Å². The molecule has 0 N–H and O–H groups in total. The first-order chi connectivity index (χ1) is 7.75. The Bertz CT molecular complexity index is 513. The van der Waals surface area contributed by atoms with Crippen molar-refractivity contribution in [3.05, 3.63) is 46.7 Å². The summed E-state index contributed by atoms with van der Waals surface area (Å²) in [7, 11) is 0. The molecule has 0 spiro atoms. The van der Waals surface area contributed by atoms with Crippen molar-refractivity contribution in [2.75, 3.05) is 0 Å². The molecule has 0 saturated carbocycles. The van der Waals surface area contributed by atoms with Crippen LogP contribution in [0.15, 0.2) is 46.8 Å². The third-order valence-electron chi connectivity index (χ3n) is 1.70. The molecule has 2 aromatic rings. The molecule has 0 bridgehead atoms. The standard InChI is InChI=1S/C10H6Cl2N4/c11-8-6-13-10(14-9(8)12)16-15-7-4-2-1-3-5-7/h1-6H. The maximum absolute atomic E-state index is 5.71. The van der Waals surface area contributed by atoms with Crippen molar-refractivity contribution in [2.45, 2.75) is 0 Å². The van der Waals surface area contributed by atoms with Gasteiger partial charge in [0.15, 0.2) is 5.15 Å². The molecule has 0 amide bonds. The monoisotopic (exact) mass is 252 g/mol. The Morgan fingerprint density at radius 2 is 1.75 bits per heavy atom. The van der Waals surface area contributed by atoms with Crippen molar-refractivity contribution < 1.29 is 0 Å². The maximum atomic E-state index is 5.71. The van der Waals surface area contributed by atoms with Gasteiger partial charge in [-0.05, 0) is 12.1 Å². The van der Waals surface area contributed by atoms with E-state index in [1.165, 1.54) is 6.20 Å². The number of benzene rings is 1. The van der Waals surface area contributed by atoms with Crippen molar-refractivity contribution in [1.29, 1.82) is 0 Å². The minimum Gasteiger partial charge on any atom is -0.217 e. The van der Waals surface area contributed by atoms with Gasteiger partial charge in [-0.1, -0.05) is 41.4 Å². The average Bonchev–Trinajstić information content (AvgIpc) is 2.32. The molecule has 16 heavy (non-hydrogen) atoms. The Morgan fingerprint density at radius 3 is 2.44 bits per heavy atom. The Kier molecular flexibility index (Phi) is 3.44. The second kappa shape index (κ2) is 5.01. The molecule has 1 heterocycles. The topological polar surface area (TPSA) is 50.5 Å². The quantitative estimate of drug-likeness (QED) is 0.594. The van der Waals surface area contributed by atoms with Crippen molar-refractivity contribution in [1.82, 2.24) is 9.97 Å². The van der Waals surface area contributed by atoms with Gasteiger partial charge in [-0.2, -0.15) is 4.98 Å². The van der Waals surface area contributed by atoms with E-state index >= 15 is 0 Å². The Balaban J connectivity index is 2.21. The van der Waals surface area contributed by atoms with Crippen LogP contribution in [0.1, 0.15) is 0 Å². The lowest BCUT2D eigenvalue weighted by Gasteiger charge is -1.94. The summed E-state index contributed by atoms with van der Waals surface area (Å²) in [5, 5.41) is 8.24. The van der Waals surface area contributed by atoms with Gasteiger partial charge in [0, 0.05) is 0 Å². The summed E-state index contributed by atoms with van der Waals surface area (Å²) in [6.07, 6.45) is 1.39. The number of hydrogen-bond donors (Lipinski definition) is 0. The summed E-state index contributed by atoms with van der Waals surface area (Å²) in [6, 6.07) is 9.27. The lowest BCUT2D eigenvalue weighted by atomic mass is 10.3. The van der Waals surface area contributed by atoms with E-state index < -0.39 is 0 Å². The molecule has 1 aromatic heterocycles. The van der Waals surface area contributed by atoms with Gasteiger partial charge in [-0.15, -0.1) is 10.2 Å². The van der Waals surface area contributed by atoms with Gasteiger partial charge < -0.3 is 0 Å². The Labute approximate surface area is 102 Å². The summed E-state index contributed by atoms with van der Waals surface area (Å²) in [4.78, 5) is 7.72. The molecule has 0 radical (unpaired) electrons. The van der Waals surface area contributed by atoms with Crippen LogP contribution in [0.25, 0.3) is 0 Å². The first-order valence-corrected chi connectivity index (χ1v) is 5.16. The second-order valence-electron chi connectivity index (χ2n) is 2.84. The van der Waals surface area contributed by atoms with Gasteiger partial charge in [0.05, 0.1) is 16.9 Å². The molecular formula is C10H6Cl2N4. The molecule has 2 rings (SSSR count). The van der Waals surface area contributed by atoms with Crippen molar-refractivity contribution in [3.63, 3.8) is 0 Å². The van der Waals surface area contributed by atoms with E-state index in [9.17, 15) is 0 Å². The summed E-state index contributed by atoms with van der Waals surface area (Å²) >= 11 is 11.4. The van der Waals surface area contributed by atoms with Crippen LogP contribution >= 0.6 is 23.2 Å². The van der Waals surface area contributed by atoms with E-state index in [1.54, 1.807) is 0 Å². The highest BCUT2D eigenvalue weighted by molar-refractivity contribution is 6.41. The molecule has 6 heteroatoms. The molecule has 4 nitrogen and oxygen atoms in total. The molecule has 0 unspecified atom stereocenters.